The number of aliphatic hydroxyl groups is 1. The summed E-state index contributed by atoms with van der Waals surface area (Å²) in [6.45, 7) is 1.02. The van der Waals surface area contributed by atoms with Crippen LogP contribution in [-0.2, 0) is 13.1 Å². The van der Waals surface area contributed by atoms with Gasteiger partial charge in [0, 0.05) is 25.7 Å². The predicted octanol–water partition coefficient (Wildman–Crippen LogP) is 2.31. The number of aromatic nitrogens is 4. The number of carbonyl (C=O) groups excluding carboxylic acids is 1. The number of amides is 1. The van der Waals surface area contributed by atoms with Crippen molar-refractivity contribution in [1.82, 2.24) is 23.2 Å². The molecule has 7 nitrogen and oxygen atoms in total. The number of benzene rings is 2. The van der Waals surface area contributed by atoms with Gasteiger partial charge in [0.25, 0.3) is 5.91 Å². The van der Waals surface area contributed by atoms with Crippen LogP contribution in [0, 0.1) is 0 Å². The molecule has 2 aromatic carbocycles. The molecule has 0 spiro atoms. The molecule has 0 bridgehead atoms. The lowest BCUT2D eigenvalue weighted by Gasteiger charge is -2.17. The van der Waals surface area contributed by atoms with Crippen molar-refractivity contribution in [1.29, 1.82) is 0 Å². The van der Waals surface area contributed by atoms with E-state index in [9.17, 15) is 4.79 Å². The van der Waals surface area contributed by atoms with Gasteiger partial charge in [-0.15, -0.1) is 0 Å². The third-order valence-electron chi connectivity index (χ3n) is 4.29. The molecule has 0 aliphatic heterocycles. The molecular formula is C18H17N5O2S. The van der Waals surface area contributed by atoms with E-state index in [0.29, 0.717) is 18.7 Å². The highest BCUT2D eigenvalue weighted by molar-refractivity contribution is 7.00. The van der Waals surface area contributed by atoms with Crippen molar-refractivity contribution in [3.8, 4) is 0 Å². The normalized spacial score (nSPS) is 11.3. The highest BCUT2D eigenvalue weighted by Gasteiger charge is 2.14. The SMILES string of the molecule is CN(Cc1ccc2nsnc2c1)C(=O)c1ccc2c(c1)ncn2CCO. The Labute approximate surface area is 153 Å². The Morgan fingerprint density at radius 2 is 2.00 bits per heavy atom. The molecule has 26 heavy (non-hydrogen) atoms. The van der Waals surface area contributed by atoms with E-state index in [2.05, 4.69) is 13.7 Å². The molecule has 8 heteroatoms. The second kappa shape index (κ2) is 6.81. The van der Waals surface area contributed by atoms with Crippen molar-refractivity contribution < 1.29 is 9.90 Å². The van der Waals surface area contributed by atoms with Gasteiger partial charge in [0.2, 0.25) is 0 Å². The van der Waals surface area contributed by atoms with Crippen molar-refractivity contribution in [2.45, 2.75) is 13.1 Å². The van der Waals surface area contributed by atoms with Crippen LogP contribution in [-0.4, -0.2) is 47.9 Å². The van der Waals surface area contributed by atoms with Crippen LogP contribution in [0.1, 0.15) is 15.9 Å². The molecule has 2 heterocycles. The zero-order valence-corrected chi connectivity index (χ0v) is 15.0. The molecule has 0 aliphatic carbocycles. The predicted molar refractivity (Wildman–Crippen MR) is 100 cm³/mol. The topological polar surface area (TPSA) is 84.1 Å². The van der Waals surface area contributed by atoms with E-state index in [1.54, 1.807) is 30.4 Å². The summed E-state index contributed by atoms with van der Waals surface area (Å²) < 4.78 is 10.3. The summed E-state index contributed by atoms with van der Waals surface area (Å²) in [6.07, 6.45) is 1.68. The fraction of sp³-hybridized carbons (Fsp3) is 0.222. The molecule has 0 unspecified atom stereocenters. The Bertz CT molecular complexity index is 1090. The van der Waals surface area contributed by atoms with E-state index >= 15 is 0 Å². The van der Waals surface area contributed by atoms with Crippen LogP contribution in [0.2, 0.25) is 0 Å². The summed E-state index contributed by atoms with van der Waals surface area (Å²) in [5.41, 5.74) is 4.97. The maximum atomic E-state index is 12.8. The lowest BCUT2D eigenvalue weighted by molar-refractivity contribution is 0.0785. The van der Waals surface area contributed by atoms with Crippen molar-refractivity contribution in [2.24, 2.45) is 0 Å². The van der Waals surface area contributed by atoms with Crippen LogP contribution >= 0.6 is 11.7 Å². The first-order chi connectivity index (χ1) is 12.7. The van der Waals surface area contributed by atoms with Gasteiger partial charge < -0.3 is 14.6 Å². The average molecular weight is 367 g/mol. The van der Waals surface area contributed by atoms with Crippen LogP contribution in [0.5, 0.6) is 0 Å². The van der Waals surface area contributed by atoms with Gasteiger partial charge in [-0.25, -0.2) is 4.98 Å². The molecule has 1 amide bonds. The Kier molecular flexibility index (Phi) is 4.36. The maximum absolute atomic E-state index is 12.8. The third-order valence-corrected chi connectivity index (χ3v) is 4.85. The summed E-state index contributed by atoms with van der Waals surface area (Å²) in [7, 11) is 1.78. The first-order valence-electron chi connectivity index (χ1n) is 8.18. The summed E-state index contributed by atoms with van der Waals surface area (Å²) >= 11 is 1.18. The quantitative estimate of drug-likeness (QED) is 0.585. The number of hydrogen-bond acceptors (Lipinski definition) is 6. The number of nitrogens with zero attached hydrogens (tertiary/aromatic N) is 5. The Balaban J connectivity index is 1.54. The monoisotopic (exact) mass is 367 g/mol. The molecule has 0 saturated heterocycles. The van der Waals surface area contributed by atoms with E-state index in [1.165, 1.54) is 11.7 Å². The van der Waals surface area contributed by atoms with Gasteiger partial charge in [-0.05, 0) is 35.9 Å². The van der Waals surface area contributed by atoms with Crippen LogP contribution in [0.4, 0.5) is 0 Å². The molecule has 0 fully saturated rings. The van der Waals surface area contributed by atoms with Crippen molar-refractivity contribution in [2.75, 3.05) is 13.7 Å². The van der Waals surface area contributed by atoms with Crippen molar-refractivity contribution >= 4 is 39.7 Å². The number of carbonyl (C=O) groups is 1. The molecule has 1 N–H and O–H groups in total. The van der Waals surface area contributed by atoms with Gasteiger partial charge in [0.15, 0.2) is 0 Å². The van der Waals surface area contributed by atoms with Crippen molar-refractivity contribution in [3.63, 3.8) is 0 Å². The van der Waals surface area contributed by atoms with Gasteiger partial charge in [0.05, 0.1) is 35.7 Å². The Hall–Kier alpha value is -2.84. The fourth-order valence-corrected chi connectivity index (χ4v) is 3.49. The Morgan fingerprint density at radius 1 is 1.15 bits per heavy atom. The standard InChI is InChI=1S/C18H17N5O2S/c1-22(10-12-2-4-14-15(8-12)21-26-20-14)18(25)13-3-5-17-16(9-13)19-11-23(17)6-7-24/h2-5,8-9,11,24H,6-7,10H2,1H3. The van der Waals surface area contributed by atoms with Gasteiger partial charge in [-0.1, -0.05) is 6.07 Å². The minimum atomic E-state index is -0.0693. The number of imidazole rings is 1. The van der Waals surface area contributed by atoms with Crippen LogP contribution in [0.3, 0.4) is 0 Å². The third kappa shape index (κ3) is 3.04. The van der Waals surface area contributed by atoms with Crippen molar-refractivity contribution in [3.05, 3.63) is 53.9 Å². The lowest BCUT2D eigenvalue weighted by atomic mass is 10.1. The first-order valence-corrected chi connectivity index (χ1v) is 8.91. The van der Waals surface area contributed by atoms with Gasteiger partial charge in [0.1, 0.15) is 11.0 Å². The number of rotatable bonds is 5. The number of hydrogen-bond donors (Lipinski definition) is 1. The van der Waals surface area contributed by atoms with E-state index in [0.717, 1.165) is 27.6 Å². The van der Waals surface area contributed by atoms with Crippen LogP contribution in [0.15, 0.2) is 42.7 Å². The van der Waals surface area contributed by atoms with Gasteiger partial charge in [-0.3, -0.25) is 4.79 Å². The van der Waals surface area contributed by atoms with E-state index in [-0.39, 0.29) is 12.5 Å². The molecule has 0 saturated carbocycles. The second-order valence-corrected chi connectivity index (χ2v) is 6.64. The zero-order valence-electron chi connectivity index (χ0n) is 14.2. The summed E-state index contributed by atoms with van der Waals surface area (Å²) in [4.78, 5) is 18.8. The minimum Gasteiger partial charge on any atom is -0.395 e. The molecule has 0 radical (unpaired) electrons. The highest BCUT2D eigenvalue weighted by Crippen LogP contribution is 2.18. The van der Waals surface area contributed by atoms with Gasteiger partial charge in [-0.2, -0.15) is 8.75 Å². The molecule has 2 aromatic heterocycles. The summed E-state index contributed by atoms with van der Waals surface area (Å²) in [5.74, 6) is -0.0693. The lowest BCUT2D eigenvalue weighted by Crippen LogP contribution is -2.26. The average Bonchev–Trinajstić information content (AvgIpc) is 3.27. The highest BCUT2D eigenvalue weighted by atomic mass is 32.1. The summed E-state index contributed by atoms with van der Waals surface area (Å²) in [6, 6.07) is 11.3. The molecule has 0 atom stereocenters. The Morgan fingerprint density at radius 3 is 2.85 bits per heavy atom. The molecule has 0 aliphatic rings. The number of aliphatic hydroxyl groups excluding tert-OH is 1. The van der Waals surface area contributed by atoms with Gasteiger partial charge >= 0.3 is 0 Å². The molecular weight excluding hydrogens is 350 g/mol. The molecule has 4 aromatic rings. The number of fused-ring (bicyclic) bond motifs is 2. The van der Waals surface area contributed by atoms with Crippen LogP contribution in [0.25, 0.3) is 22.1 Å². The molecule has 4 rings (SSSR count). The zero-order chi connectivity index (χ0) is 18.1. The van der Waals surface area contributed by atoms with Crippen LogP contribution < -0.4 is 0 Å². The first kappa shape index (κ1) is 16.6. The van der Waals surface area contributed by atoms with E-state index in [4.69, 9.17) is 5.11 Å². The van der Waals surface area contributed by atoms with E-state index < -0.39 is 0 Å². The minimum absolute atomic E-state index is 0.0493. The smallest absolute Gasteiger partial charge is 0.253 e. The summed E-state index contributed by atoms with van der Waals surface area (Å²) in [5, 5.41) is 9.09. The largest absolute Gasteiger partial charge is 0.395 e. The fourth-order valence-electron chi connectivity index (χ4n) is 2.97. The maximum Gasteiger partial charge on any atom is 0.253 e. The second-order valence-electron chi connectivity index (χ2n) is 6.11. The molecule has 132 valence electrons. The van der Waals surface area contributed by atoms with E-state index in [1.807, 2.05) is 28.8 Å².